The van der Waals surface area contributed by atoms with E-state index in [1.807, 2.05) is 19.1 Å². The van der Waals surface area contributed by atoms with Gasteiger partial charge in [-0.3, -0.25) is 10.1 Å². The van der Waals surface area contributed by atoms with Gasteiger partial charge in [-0.1, -0.05) is 29.3 Å². The number of nitrogens with one attached hydrogen (secondary N) is 2. The molecule has 2 aromatic carbocycles. The molecule has 2 N–H and O–H groups in total. The summed E-state index contributed by atoms with van der Waals surface area (Å²) >= 11 is 5.74. The maximum absolute atomic E-state index is 13.3. The normalized spacial score (nSPS) is 10.4. The van der Waals surface area contributed by atoms with Crippen LogP contribution in [0, 0.1) is 22.9 Å². The smallest absolute Gasteiger partial charge is 0.334 e. The Balaban J connectivity index is 1.96. The fourth-order valence-corrected chi connectivity index (χ4v) is 2.40. The van der Waals surface area contributed by atoms with Gasteiger partial charge in [0, 0.05) is 11.4 Å². The van der Waals surface area contributed by atoms with Gasteiger partial charge in [0.15, 0.2) is 0 Å². The van der Waals surface area contributed by atoms with Crippen LogP contribution >= 0.6 is 11.6 Å². The van der Waals surface area contributed by atoms with Gasteiger partial charge >= 0.3 is 5.69 Å². The zero-order valence-corrected chi connectivity index (χ0v) is 14.3. The summed E-state index contributed by atoms with van der Waals surface area (Å²) in [6.07, 6.45) is 1.19. The molecule has 0 aliphatic carbocycles. The lowest BCUT2D eigenvalue weighted by Gasteiger charge is -2.10. The van der Waals surface area contributed by atoms with Gasteiger partial charge in [-0.15, -0.1) is 0 Å². The Morgan fingerprint density at radius 2 is 1.62 bits per heavy atom. The molecule has 0 saturated heterocycles. The number of nitrogens with zero attached hydrogens (tertiary/aromatic N) is 3. The zero-order chi connectivity index (χ0) is 18.7. The lowest BCUT2D eigenvalue weighted by molar-refractivity contribution is -0.383. The first-order valence-electron chi connectivity index (χ1n) is 7.49. The van der Waals surface area contributed by atoms with Crippen molar-refractivity contribution in [2.75, 3.05) is 10.6 Å². The van der Waals surface area contributed by atoms with E-state index < -0.39 is 10.7 Å². The summed E-state index contributed by atoms with van der Waals surface area (Å²) in [5.41, 5.74) is 1.73. The average Bonchev–Trinajstić information content (AvgIpc) is 2.60. The SMILES string of the molecule is Cc1ccc(Nc2ncnc(Nc3ccc(F)c(Cl)c3)c2[N+](=O)[O-])cc1. The van der Waals surface area contributed by atoms with E-state index in [1.165, 1.54) is 18.5 Å². The van der Waals surface area contributed by atoms with E-state index in [0.717, 1.165) is 11.6 Å². The van der Waals surface area contributed by atoms with E-state index in [4.69, 9.17) is 11.6 Å². The van der Waals surface area contributed by atoms with Gasteiger partial charge < -0.3 is 10.6 Å². The van der Waals surface area contributed by atoms with Crippen molar-refractivity contribution in [3.8, 4) is 0 Å². The van der Waals surface area contributed by atoms with Gasteiger partial charge in [-0.05, 0) is 37.3 Å². The third-order valence-corrected chi connectivity index (χ3v) is 3.79. The van der Waals surface area contributed by atoms with Crippen LogP contribution in [0.1, 0.15) is 5.56 Å². The van der Waals surface area contributed by atoms with Crippen molar-refractivity contribution in [2.24, 2.45) is 0 Å². The monoisotopic (exact) mass is 373 g/mol. The predicted molar refractivity (Wildman–Crippen MR) is 97.8 cm³/mol. The van der Waals surface area contributed by atoms with Crippen LogP contribution in [-0.4, -0.2) is 14.9 Å². The number of benzene rings is 2. The van der Waals surface area contributed by atoms with Crippen molar-refractivity contribution < 1.29 is 9.31 Å². The van der Waals surface area contributed by atoms with Gasteiger partial charge in [0.2, 0.25) is 11.6 Å². The molecule has 0 atom stereocenters. The third-order valence-electron chi connectivity index (χ3n) is 3.50. The molecule has 1 heterocycles. The minimum atomic E-state index is -0.593. The van der Waals surface area contributed by atoms with Crippen molar-refractivity contribution in [1.82, 2.24) is 9.97 Å². The Morgan fingerprint density at radius 3 is 2.19 bits per heavy atom. The molecular weight excluding hydrogens is 361 g/mol. The molecule has 0 fully saturated rings. The van der Waals surface area contributed by atoms with Crippen LogP contribution < -0.4 is 10.6 Å². The first-order chi connectivity index (χ1) is 12.4. The van der Waals surface area contributed by atoms with Crippen LogP contribution in [0.3, 0.4) is 0 Å². The van der Waals surface area contributed by atoms with Gasteiger partial charge in [0.05, 0.1) is 9.95 Å². The summed E-state index contributed by atoms with van der Waals surface area (Å²) in [6, 6.07) is 11.2. The minimum absolute atomic E-state index is 0.0320. The third kappa shape index (κ3) is 3.86. The van der Waals surface area contributed by atoms with E-state index in [2.05, 4.69) is 20.6 Å². The van der Waals surface area contributed by atoms with Crippen molar-refractivity contribution in [3.05, 3.63) is 75.3 Å². The summed E-state index contributed by atoms with van der Waals surface area (Å²) in [4.78, 5) is 18.8. The van der Waals surface area contributed by atoms with Crippen LogP contribution in [0.5, 0.6) is 0 Å². The van der Waals surface area contributed by atoms with Crippen molar-refractivity contribution >= 4 is 40.3 Å². The topological polar surface area (TPSA) is 93.0 Å². The Kier molecular flexibility index (Phi) is 4.94. The fourth-order valence-electron chi connectivity index (χ4n) is 2.22. The second kappa shape index (κ2) is 7.32. The number of hydrogen-bond donors (Lipinski definition) is 2. The minimum Gasteiger partial charge on any atom is -0.334 e. The first kappa shape index (κ1) is 17.6. The molecule has 132 valence electrons. The molecule has 7 nitrogen and oxygen atoms in total. The highest BCUT2D eigenvalue weighted by Gasteiger charge is 2.23. The molecule has 26 heavy (non-hydrogen) atoms. The lowest BCUT2D eigenvalue weighted by atomic mass is 10.2. The molecule has 0 amide bonds. The van der Waals surface area contributed by atoms with Gasteiger partial charge in [-0.2, -0.15) is 0 Å². The molecule has 3 rings (SSSR count). The van der Waals surface area contributed by atoms with Gasteiger partial charge in [-0.25, -0.2) is 14.4 Å². The molecule has 3 aromatic rings. The van der Waals surface area contributed by atoms with E-state index in [0.29, 0.717) is 11.4 Å². The number of rotatable bonds is 5. The Labute approximate surface area is 153 Å². The molecule has 1 aromatic heterocycles. The van der Waals surface area contributed by atoms with Crippen LogP contribution in [0.15, 0.2) is 48.8 Å². The number of halogens is 2. The summed E-state index contributed by atoms with van der Waals surface area (Å²) in [6.45, 7) is 1.94. The molecule has 0 aliphatic rings. The quantitative estimate of drug-likeness (QED) is 0.484. The Hall–Kier alpha value is -3.26. The molecule has 0 radical (unpaired) electrons. The standard InChI is InChI=1S/C17H13ClFN5O2/c1-10-2-4-11(5-3-10)22-16-15(24(25)26)17(21-9-20-16)23-12-6-7-14(19)13(18)8-12/h2-9H,1H3,(H2,20,21,22,23). The van der Waals surface area contributed by atoms with Crippen LogP contribution in [0.25, 0.3) is 0 Å². The second-order valence-electron chi connectivity index (χ2n) is 5.42. The second-order valence-corrected chi connectivity index (χ2v) is 5.83. The summed E-state index contributed by atoms with van der Waals surface area (Å²) in [5.74, 6) is -0.594. The molecule has 0 spiro atoms. The van der Waals surface area contributed by atoms with E-state index in [1.54, 1.807) is 12.1 Å². The maximum atomic E-state index is 13.3. The molecule has 0 aliphatic heterocycles. The average molecular weight is 374 g/mol. The van der Waals surface area contributed by atoms with Crippen molar-refractivity contribution in [2.45, 2.75) is 6.92 Å². The fraction of sp³-hybridized carbons (Fsp3) is 0.0588. The highest BCUT2D eigenvalue weighted by atomic mass is 35.5. The summed E-state index contributed by atoms with van der Waals surface area (Å²) in [5, 5.41) is 17.1. The molecule has 0 unspecified atom stereocenters. The maximum Gasteiger partial charge on any atom is 0.353 e. The molecule has 0 saturated carbocycles. The number of aryl methyl sites for hydroxylation is 1. The predicted octanol–water partition coefficient (Wildman–Crippen LogP) is 4.97. The van der Waals surface area contributed by atoms with Crippen LogP contribution in [0.4, 0.5) is 33.1 Å². The molecule has 0 bridgehead atoms. The van der Waals surface area contributed by atoms with E-state index in [-0.39, 0.29) is 22.3 Å². The van der Waals surface area contributed by atoms with E-state index >= 15 is 0 Å². The molecular formula is C17H13ClFN5O2. The summed E-state index contributed by atoms with van der Waals surface area (Å²) < 4.78 is 13.3. The summed E-state index contributed by atoms with van der Waals surface area (Å²) in [7, 11) is 0. The van der Waals surface area contributed by atoms with Gasteiger partial charge in [0.1, 0.15) is 12.1 Å². The van der Waals surface area contributed by atoms with Crippen molar-refractivity contribution in [1.29, 1.82) is 0 Å². The number of aromatic nitrogens is 2. The van der Waals surface area contributed by atoms with Gasteiger partial charge in [0.25, 0.3) is 0 Å². The van der Waals surface area contributed by atoms with Crippen molar-refractivity contribution in [3.63, 3.8) is 0 Å². The van der Waals surface area contributed by atoms with Crippen LogP contribution in [0.2, 0.25) is 5.02 Å². The number of anilines is 4. The first-order valence-corrected chi connectivity index (χ1v) is 7.87. The highest BCUT2D eigenvalue weighted by Crippen LogP contribution is 2.33. The largest absolute Gasteiger partial charge is 0.353 e. The number of nitro groups is 1. The van der Waals surface area contributed by atoms with E-state index in [9.17, 15) is 14.5 Å². The highest BCUT2D eigenvalue weighted by molar-refractivity contribution is 6.31. The van der Waals surface area contributed by atoms with Crippen LogP contribution in [-0.2, 0) is 0 Å². The number of hydrogen-bond acceptors (Lipinski definition) is 6. The Morgan fingerprint density at radius 1 is 1.04 bits per heavy atom. The lowest BCUT2D eigenvalue weighted by Crippen LogP contribution is -2.05. The Bertz CT molecular complexity index is 966. The molecule has 9 heteroatoms. The zero-order valence-electron chi connectivity index (χ0n) is 13.5.